The lowest BCUT2D eigenvalue weighted by molar-refractivity contribution is -0.651. The number of hydrogen-bond donors (Lipinski definition) is 1. The molecule has 0 spiro atoms. The van der Waals surface area contributed by atoms with Crippen molar-refractivity contribution in [3.05, 3.63) is 29.5 Å². The number of aromatic hydroxyl groups is 1. The summed E-state index contributed by atoms with van der Waals surface area (Å²) in [6, 6.07) is 5.05. The van der Waals surface area contributed by atoms with Gasteiger partial charge in [0.25, 0.3) is 0 Å². The Kier molecular flexibility index (Phi) is 3.79. The summed E-state index contributed by atoms with van der Waals surface area (Å²) in [5.74, 6) is 0.0767. The van der Waals surface area contributed by atoms with Crippen LogP contribution in [-0.2, 0) is 11.8 Å². The van der Waals surface area contributed by atoms with Gasteiger partial charge in [0.1, 0.15) is 12.6 Å². The van der Waals surface area contributed by atoms with Crippen LogP contribution in [0.3, 0.4) is 0 Å². The normalized spacial score (nSPS) is 10.6. The number of aryl methyl sites for hydroxylation is 1. The van der Waals surface area contributed by atoms with Gasteiger partial charge in [0.05, 0.1) is 25.2 Å². The van der Waals surface area contributed by atoms with E-state index >= 15 is 0 Å². The van der Waals surface area contributed by atoms with Crippen LogP contribution in [0.15, 0.2) is 18.2 Å². The molecule has 2 aromatic rings. The second-order valence-corrected chi connectivity index (χ2v) is 4.51. The minimum atomic E-state index is -0.363. The Labute approximate surface area is 117 Å². The van der Waals surface area contributed by atoms with Crippen molar-refractivity contribution in [3.63, 3.8) is 0 Å². The van der Waals surface area contributed by atoms with E-state index in [1.807, 2.05) is 18.5 Å². The van der Waals surface area contributed by atoms with Gasteiger partial charge in [-0.15, -0.1) is 0 Å². The van der Waals surface area contributed by atoms with Gasteiger partial charge in [-0.3, -0.25) is 0 Å². The minimum Gasteiger partial charge on any atom is -0.504 e. The number of carbonyl (C=O) groups excluding carboxylic acids is 1. The van der Waals surface area contributed by atoms with E-state index in [-0.39, 0.29) is 11.7 Å². The zero-order valence-corrected chi connectivity index (χ0v) is 12.1. The average Bonchev–Trinajstić information content (AvgIpc) is 2.42. The number of carbonyl (C=O) groups is 1. The molecule has 0 amide bonds. The molecular weight excluding hydrogens is 258 g/mol. The Balaban J connectivity index is 2.71. The molecule has 5 heteroatoms. The van der Waals surface area contributed by atoms with Gasteiger partial charge in [-0.25, -0.2) is 4.79 Å². The van der Waals surface area contributed by atoms with Crippen molar-refractivity contribution < 1.29 is 23.9 Å². The SMILES string of the molecule is CCOC(=O)c1cc2cc(O)c(OC)cc2[n+](C)c1C. The molecule has 0 aliphatic heterocycles. The van der Waals surface area contributed by atoms with Crippen molar-refractivity contribution in [2.75, 3.05) is 13.7 Å². The third-order valence-electron chi connectivity index (χ3n) is 3.38. The van der Waals surface area contributed by atoms with E-state index < -0.39 is 0 Å². The molecular formula is C15H18NO4+. The maximum absolute atomic E-state index is 11.9. The van der Waals surface area contributed by atoms with Crippen LogP contribution in [0.4, 0.5) is 0 Å². The topological polar surface area (TPSA) is 59.6 Å². The molecule has 0 aliphatic carbocycles. The summed E-state index contributed by atoms with van der Waals surface area (Å²) in [5, 5.41) is 10.6. The number of benzene rings is 1. The summed E-state index contributed by atoms with van der Waals surface area (Å²) in [5.41, 5.74) is 2.15. The van der Waals surface area contributed by atoms with Gasteiger partial charge in [-0.05, 0) is 19.1 Å². The first-order chi connectivity index (χ1) is 9.49. The van der Waals surface area contributed by atoms with Crippen molar-refractivity contribution in [2.45, 2.75) is 13.8 Å². The van der Waals surface area contributed by atoms with E-state index in [1.54, 1.807) is 25.1 Å². The Hall–Kier alpha value is -2.30. The Morgan fingerprint density at radius 3 is 2.65 bits per heavy atom. The second kappa shape index (κ2) is 5.36. The molecule has 1 N–H and O–H groups in total. The molecule has 1 heterocycles. The molecule has 0 aliphatic rings. The number of hydrogen-bond acceptors (Lipinski definition) is 4. The Morgan fingerprint density at radius 2 is 2.05 bits per heavy atom. The minimum absolute atomic E-state index is 0.0404. The molecule has 20 heavy (non-hydrogen) atoms. The molecule has 0 saturated carbocycles. The van der Waals surface area contributed by atoms with E-state index in [2.05, 4.69) is 0 Å². The third kappa shape index (κ3) is 2.27. The Bertz CT molecular complexity index is 679. The molecule has 0 saturated heterocycles. The number of pyridine rings is 1. The highest BCUT2D eigenvalue weighted by Crippen LogP contribution is 2.30. The highest BCUT2D eigenvalue weighted by atomic mass is 16.5. The van der Waals surface area contributed by atoms with Crippen molar-refractivity contribution in [1.82, 2.24) is 0 Å². The van der Waals surface area contributed by atoms with Crippen LogP contribution in [0, 0.1) is 6.92 Å². The summed E-state index contributed by atoms with van der Waals surface area (Å²) in [6.07, 6.45) is 0. The van der Waals surface area contributed by atoms with Crippen LogP contribution in [-0.4, -0.2) is 24.8 Å². The summed E-state index contributed by atoms with van der Waals surface area (Å²) in [6.45, 7) is 3.95. The van der Waals surface area contributed by atoms with E-state index in [4.69, 9.17) is 9.47 Å². The van der Waals surface area contributed by atoms with Gasteiger partial charge in [-0.2, -0.15) is 4.57 Å². The van der Waals surface area contributed by atoms with E-state index in [1.165, 1.54) is 7.11 Å². The standard InChI is InChI=1S/C15H17NO4/c1-5-20-15(18)11-6-10-7-13(17)14(19-4)8-12(10)16(3)9(11)2/h6-8H,5H2,1-4H3/p+1. The lowest BCUT2D eigenvalue weighted by Crippen LogP contribution is -2.35. The number of methoxy groups -OCH3 is 1. The van der Waals surface area contributed by atoms with Gasteiger partial charge in [0.15, 0.2) is 17.2 Å². The Morgan fingerprint density at radius 1 is 1.35 bits per heavy atom. The van der Waals surface area contributed by atoms with Gasteiger partial charge >= 0.3 is 5.97 Å². The van der Waals surface area contributed by atoms with E-state index in [0.29, 0.717) is 17.9 Å². The number of phenols is 1. The van der Waals surface area contributed by atoms with E-state index in [9.17, 15) is 9.90 Å². The van der Waals surface area contributed by atoms with E-state index in [0.717, 1.165) is 16.6 Å². The fourth-order valence-electron chi connectivity index (χ4n) is 2.18. The monoisotopic (exact) mass is 276 g/mol. The number of esters is 1. The molecule has 0 bridgehead atoms. The largest absolute Gasteiger partial charge is 0.504 e. The lowest BCUT2D eigenvalue weighted by atomic mass is 10.1. The first-order valence-electron chi connectivity index (χ1n) is 6.37. The fraction of sp³-hybridized carbons (Fsp3) is 0.333. The van der Waals surface area contributed by atoms with Crippen LogP contribution in [0.5, 0.6) is 11.5 Å². The van der Waals surface area contributed by atoms with Crippen LogP contribution < -0.4 is 9.30 Å². The van der Waals surface area contributed by atoms with Crippen molar-refractivity contribution in [1.29, 1.82) is 0 Å². The molecule has 106 valence electrons. The number of phenolic OH excluding ortho intramolecular Hbond substituents is 1. The zero-order valence-electron chi connectivity index (χ0n) is 12.1. The van der Waals surface area contributed by atoms with Gasteiger partial charge in [0.2, 0.25) is 5.52 Å². The maximum atomic E-state index is 11.9. The van der Waals surface area contributed by atoms with Crippen LogP contribution in [0.25, 0.3) is 10.9 Å². The smallest absolute Gasteiger partial charge is 0.344 e. The molecule has 1 aromatic heterocycles. The summed E-state index contributed by atoms with van der Waals surface area (Å²) < 4.78 is 12.0. The van der Waals surface area contributed by atoms with Crippen LogP contribution in [0.1, 0.15) is 23.0 Å². The average molecular weight is 276 g/mol. The molecule has 0 unspecified atom stereocenters. The number of ether oxygens (including phenoxy) is 2. The number of nitrogens with zero attached hydrogens (tertiary/aromatic N) is 1. The quantitative estimate of drug-likeness (QED) is 0.686. The number of fused-ring (bicyclic) bond motifs is 1. The molecule has 1 aromatic carbocycles. The van der Waals surface area contributed by atoms with Gasteiger partial charge in [-0.1, -0.05) is 0 Å². The van der Waals surface area contributed by atoms with Gasteiger partial charge < -0.3 is 14.6 Å². The molecule has 0 radical (unpaired) electrons. The van der Waals surface area contributed by atoms with Crippen molar-refractivity contribution >= 4 is 16.9 Å². The van der Waals surface area contributed by atoms with Crippen LogP contribution >= 0.6 is 0 Å². The maximum Gasteiger partial charge on any atom is 0.344 e. The summed E-state index contributed by atoms with van der Waals surface area (Å²) in [4.78, 5) is 11.9. The third-order valence-corrected chi connectivity index (χ3v) is 3.38. The van der Waals surface area contributed by atoms with Gasteiger partial charge in [0, 0.05) is 6.92 Å². The predicted octanol–water partition coefficient (Wildman–Crippen LogP) is 1.86. The van der Waals surface area contributed by atoms with Crippen LogP contribution in [0.2, 0.25) is 0 Å². The zero-order chi connectivity index (χ0) is 14.9. The molecule has 0 atom stereocenters. The first-order valence-corrected chi connectivity index (χ1v) is 6.37. The molecule has 2 rings (SSSR count). The summed E-state index contributed by atoms with van der Waals surface area (Å²) >= 11 is 0. The highest BCUT2D eigenvalue weighted by Gasteiger charge is 2.22. The first kappa shape index (κ1) is 14.1. The fourth-order valence-corrected chi connectivity index (χ4v) is 2.18. The molecule has 5 nitrogen and oxygen atoms in total. The highest BCUT2D eigenvalue weighted by molar-refractivity contribution is 5.94. The number of aromatic nitrogens is 1. The second-order valence-electron chi connectivity index (χ2n) is 4.51. The number of rotatable bonds is 3. The predicted molar refractivity (Wildman–Crippen MR) is 74.0 cm³/mol. The molecule has 0 fully saturated rings. The van der Waals surface area contributed by atoms with Crippen molar-refractivity contribution in [2.24, 2.45) is 7.05 Å². The lowest BCUT2D eigenvalue weighted by Gasteiger charge is -2.09. The summed E-state index contributed by atoms with van der Waals surface area (Å²) in [7, 11) is 3.36. The van der Waals surface area contributed by atoms with Crippen molar-refractivity contribution in [3.8, 4) is 11.5 Å².